The van der Waals surface area contributed by atoms with Gasteiger partial charge in [-0.25, -0.2) is 4.98 Å². The molecular weight excluding hydrogens is 471 g/mol. The zero-order chi connectivity index (χ0) is 23.3. The number of rotatable bonds is 8. The number of amides is 1. The average Bonchev–Trinajstić information content (AvgIpc) is 3.18. The third-order valence-electron chi connectivity index (χ3n) is 5.34. The summed E-state index contributed by atoms with van der Waals surface area (Å²) in [7, 11) is 0. The number of likely N-dealkylation sites (tertiary alicyclic amines) is 1. The van der Waals surface area contributed by atoms with Gasteiger partial charge in [-0.15, -0.1) is 13.2 Å². The van der Waals surface area contributed by atoms with E-state index in [1.165, 1.54) is 18.2 Å². The SMILES string of the molecule is O.O=C(Nc1nc2ccc(OC(F)(F)F)cc2s1)[C@H](COCc1ccccc1)N1CCCCC1. The highest BCUT2D eigenvalue weighted by molar-refractivity contribution is 7.22. The van der Waals surface area contributed by atoms with Gasteiger partial charge in [0, 0.05) is 6.07 Å². The minimum Gasteiger partial charge on any atom is -0.412 e. The van der Waals surface area contributed by atoms with Crippen LogP contribution in [0.5, 0.6) is 5.75 Å². The number of hydrogen-bond acceptors (Lipinski definition) is 6. The van der Waals surface area contributed by atoms with Crippen LogP contribution in [0, 0.1) is 0 Å². The maximum Gasteiger partial charge on any atom is 0.573 e. The Morgan fingerprint density at radius 3 is 2.56 bits per heavy atom. The van der Waals surface area contributed by atoms with Gasteiger partial charge in [0.25, 0.3) is 0 Å². The first kappa shape index (κ1) is 25.9. The molecule has 2 aromatic carbocycles. The summed E-state index contributed by atoms with van der Waals surface area (Å²) in [4.78, 5) is 19.6. The lowest BCUT2D eigenvalue weighted by Gasteiger charge is -2.33. The Hall–Kier alpha value is -2.73. The molecular formula is C23H26F3N3O4S. The van der Waals surface area contributed by atoms with E-state index in [1.807, 2.05) is 30.3 Å². The Kier molecular flexibility index (Phi) is 8.84. The molecule has 0 spiro atoms. The highest BCUT2D eigenvalue weighted by atomic mass is 32.1. The molecule has 1 aliphatic heterocycles. The largest absolute Gasteiger partial charge is 0.573 e. The van der Waals surface area contributed by atoms with Crippen molar-refractivity contribution in [3.05, 3.63) is 54.1 Å². The van der Waals surface area contributed by atoms with Gasteiger partial charge in [-0.3, -0.25) is 9.69 Å². The van der Waals surface area contributed by atoms with Crippen LogP contribution in [0.4, 0.5) is 18.3 Å². The fourth-order valence-corrected chi connectivity index (χ4v) is 4.68. The van der Waals surface area contributed by atoms with E-state index in [0.717, 1.165) is 49.3 Å². The number of nitrogens with one attached hydrogen (secondary N) is 1. The Morgan fingerprint density at radius 2 is 1.85 bits per heavy atom. The molecule has 1 saturated heterocycles. The minimum absolute atomic E-state index is 0. The number of nitrogens with zero attached hydrogens (tertiary/aromatic N) is 2. The Morgan fingerprint density at radius 1 is 1.12 bits per heavy atom. The van der Waals surface area contributed by atoms with Crippen molar-refractivity contribution in [2.24, 2.45) is 0 Å². The van der Waals surface area contributed by atoms with Crippen molar-refractivity contribution in [2.75, 3.05) is 25.0 Å². The summed E-state index contributed by atoms with van der Waals surface area (Å²) in [6, 6.07) is 13.2. The van der Waals surface area contributed by atoms with Crippen molar-refractivity contribution in [2.45, 2.75) is 38.3 Å². The number of carbonyl (C=O) groups is 1. The number of alkyl halides is 3. The van der Waals surface area contributed by atoms with Crippen LogP contribution in [0.2, 0.25) is 0 Å². The fraction of sp³-hybridized carbons (Fsp3) is 0.391. The molecule has 184 valence electrons. The van der Waals surface area contributed by atoms with Gasteiger partial charge in [-0.1, -0.05) is 48.1 Å². The molecule has 1 aliphatic rings. The molecule has 34 heavy (non-hydrogen) atoms. The van der Waals surface area contributed by atoms with E-state index >= 15 is 0 Å². The van der Waals surface area contributed by atoms with Gasteiger partial charge in [0.15, 0.2) is 5.13 Å². The van der Waals surface area contributed by atoms with Crippen molar-refractivity contribution in [1.82, 2.24) is 9.88 Å². The number of carbonyl (C=O) groups excluding carboxylic acids is 1. The van der Waals surface area contributed by atoms with E-state index < -0.39 is 12.4 Å². The van der Waals surface area contributed by atoms with Crippen molar-refractivity contribution in [3.8, 4) is 5.75 Å². The molecule has 3 aromatic rings. The lowest BCUT2D eigenvalue weighted by atomic mass is 10.1. The van der Waals surface area contributed by atoms with Crippen molar-refractivity contribution in [3.63, 3.8) is 0 Å². The number of anilines is 1. The standard InChI is InChI=1S/C23H24F3N3O3S.H2O/c24-23(25,26)32-17-9-10-18-20(13-17)33-22(27-18)28-21(30)19(29-11-5-2-6-12-29)15-31-14-16-7-3-1-4-8-16;/h1,3-4,7-10,13,19H,2,5-6,11-12,14-15H2,(H,27,28,30);1H2/t19-;/m0./s1. The van der Waals surface area contributed by atoms with Gasteiger partial charge in [-0.2, -0.15) is 0 Å². The second-order valence-corrected chi connectivity index (χ2v) is 8.83. The topological polar surface area (TPSA) is 95.2 Å². The van der Waals surface area contributed by atoms with Crippen molar-refractivity contribution >= 4 is 32.6 Å². The van der Waals surface area contributed by atoms with Crippen LogP contribution >= 0.6 is 11.3 Å². The van der Waals surface area contributed by atoms with E-state index in [9.17, 15) is 18.0 Å². The van der Waals surface area contributed by atoms with E-state index in [1.54, 1.807) is 0 Å². The van der Waals surface area contributed by atoms with Gasteiger partial charge >= 0.3 is 6.36 Å². The fourth-order valence-electron chi connectivity index (χ4n) is 3.78. The highest BCUT2D eigenvalue weighted by Crippen LogP contribution is 2.31. The maximum atomic E-state index is 13.1. The molecule has 0 unspecified atom stereocenters. The van der Waals surface area contributed by atoms with E-state index in [4.69, 9.17) is 4.74 Å². The number of hydrogen-bond donors (Lipinski definition) is 1. The molecule has 1 amide bonds. The first-order valence-corrected chi connectivity index (χ1v) is 11.5. The highest BCUT2D eigenvalue weighted by Gasteiger charge is 2.31. The first-order valence-electron chi connectivity index (χ1n) is 10.7. The molecule has 0 radical (unpaired) electrons. The molecule has 2 heterocycles. The second kappa shape index (κ2) is 11.6. The second-order valence-electron chi connectivity index (χ2n) is 7.80. The predicted octanol–water partition coefficient (Wildman–Crippen LogP) is 4.38. The van der Waals surface area contributed by atoms with Crippen LogP contribution < -0.4 is 10.1 Å². The van der Waals surface area contributed by atoms with Crippen molar-refractivity contribution < 1.29 is 32.9 Å². The Bertz CT molecular complexity index is 1070. The molecule has 0 bridgehead atoms. The quantitative estimate of drug-likeness (QED) is 0.498. The van der Waals surface area contributed by atoms with Gasteiger partial charge in [0.05, 0.1) is 23.4 Å². The van der Waals surface area contributed by atoms with E-state index in [0.29, 0.717) is 22.0 Å². The van der Waals surface area contributed by atoms with Crippen molar-refractivity contribution in [1.29, 1.82) is 0 Å². The van der Waals surface area contributed by atoms with Crippen LogP contribution in [0.25, 0.3) is 10.2 Å². The van der Waals surface area contributed by atoms with Crippen LogP contribution in [-0.2, 0) is 16.1 Å². The van der Waals surface area contributed by atoms with Crippen LogP contribution in [0.1, 0.15) is 24.8 Å². The van der Waals surface area contributed by atoms with Gasteiger partial charge < -0.3 is 20.3 Å². The lowest BCUT2D eigenvalue weighted by molar-refractivity contribution is -0.274. The monoisotopic (exact) mass is 497 g/mol. The predicted molar refractivity (Wildman–Crippen MR) is 124 cm³/mol. The maximum absolute atomic E-state index is 13.1. The molecule has 0 saturated carbocycles. The van der Waals surface area contributed by atoms with Crippen LogP contribution in [0.15, 0.2) is 48.5 Å². The molecule has 0 aliphatic carbocycles. The third kappa shape index (κ3) is 7.13. The summed E-state index contributed by atoms with van der Waals surface area (Å²) in [5.41, 5.74) is 1.51. The van der Waals surface area contributed by atoms with Gasteiger partial charge in [-0.05, 0) is 43.6 Å². The average molecular weight is 498 g/mol. The Balaban J connectivity index is 0.00000324. The number of halogens is 3. The zero-order valence-corrected chi connectivity index (χ0v) is 19.1. The molecule has 11 heteroatoms. The molecule has 4 rings (SSSR count). The van der Waals surface area contributed by atoms with Gasteiger partial charge in [0.1, 0.15) is 11.8 Å². The number of fused-ring (bicyclic) bond motifs is 1. The summed E-state index contributed by atoms with van der Waals surface area (Å²) >= 11 is 1.10. The third-order valence-corrected chi connectivity index (χ3v) is 6.28. The number of ether oxygens (including phenoxy) is 2. The summed E-state index contributed by atoms with van der Waals surface area (Å²) in [6.45, 7) is 2.26. The number of thiazole rings is 1. The van der Waals surface area contributed by atoms with Gasteiger partial charge in [0.2, 0.25) is 5.91 Å². The normalized spacial score (nSPS) is 15.5. The van der Waals surface area contributed by atoms with E-state index in [2.05, 4.69) is 19.9 Å². The van der Waals surface area contributed by atoms with Crippen LogP contribution in [-0.4, -0.2) is 53.4 Å². The summed E-state index contributed by atoms with van der Waals surface area (Å²) in [6.07, 6.45) is -1.59. The zero-order valence-electron chi connectivity index (χ0n) is 18.3. The smallest absolute Gasteiger partial charge is 0.412 e. The van der Waals surface area contributed by atoms with E-state index in [-0.39, 0.29) is 23.7 Å². The first-order chi connectivity index (χ1) is 15.9. The Labute approximate surface area is 198 Å². The molecule has 7 nitrogen and oxygen atoms in total. The number of aromatic nitrogens is 1. The number of benzene rings is 2. The molecule has 3 N–H and O–H groups in total. The summed E-state index contributed by atoms with van der Waals surface area (Å²) in [5, 5.41) is 3.15. The molecule has 1 aromatic heterocycles. The summed E-state index contributed by atoms with van der Waals surface area (Å²) in [5.74, 6) is -0.562. The molecule has 1 fully saturated rings. The lowest BCUT2D eigenvalue weighted by Crippen LogP contribution is -2.49. The molecule has 1 atom stereocenters. The summed E-state index contributed by atoms with van der Waals surface area (Å²) < 4.78 is 47.8. The number of piperidine rings is 1. The van der Waals surface area contributed by atoms with Crippen LogP contribution in [0.3, 0.4) is 0 Å². The minimum atomic E-state index is -4.77.